The summed E-state index contributed by atoms with van der Waals surface area (Å²) in [7, 11) is 0. The van der Waals surface area contributed by atoms with E-state index < -0.39 is 0 Å². The normalized spacial score (nSPS) is 22.0. The molecular formula is C22H20ClN7O2. The van der Waals surface area contributed by atoms with Crippen LogP contribution in [0.5, 0.6) is 0 Å². The van der Waals surface area contributed by atoms with E-state index in [4.69, 9.17) is 21.9 Å². The summed E-state index contributed by atoms with van der Waals surface area (Å²) < 4.78 is 7.25. The molecule has 0 unspecified atom stereocenters. The van der Waals surface area contributed by atoms with Crippen molar-refractivity contribution in [2.24, 2.45) is 5.92 Å². The summed E-state index contributed by atoms with van der Waals surface area (Å²) in [5.41, 5.74) is 8.83. The van der Waals surface area contributed by atoms with Crippen molar-refractivity contribution < 1.29 is 9.32 Å². The summed E-state index contributed by atoms with van der Waals surface area (Å²) in [5.74, 6) is 0.575. The lowest BCUT2D eigenvalue weighted by molar-refractivity contribution is 0.0932. The zero-order valence-electron chi connectivity index (χ0n) is 17.0. The van der Waals surface area contributed by atoms with Crippen LogP contribution in [0.2, 0.25) is 5.02 Å². The molecule has 10 heteroatoms. The van der Waals surface area contributed by atoms with Gasteiger partial charge < -0.3 is 20.5 Å². The highest BCUT2D eigenvalue weighted by Gasteiger charge is 2.48. The molecule has 3 atom stereocenters. The molecule has 1 saturated heterocycles. The van der Waals surface area contributed by atoms with Crippen LogP contribution >= 0.6 is 11.6 Å². The number of rotatable bonds is 4. The first-order valence-electron chi connectivity index (χ1n) is 10.5. The number of amides is 1. The molecule has 3 N–H and O–H groups in total. The van der Waals surface area contributed by atoms with Crippen LogP contribution < -0.4 is 16.0 Å². The molecule has 4 aromatic rings. The number of fused-ring (bicyclic) bond motifs is 3. The lowest BCUT2D eigenvalue weighted by Gasteiger charge is -2.29. The predicted molar refractivity (Wildman–Crippen MR) is 120 cm³/mol. The fourth-order valence-electron chi connectivity index (χ4n) is 5.10. The summed E-state index contributed by atoms with van der Waals surface area (Å²) in [6, 6.07) is 11.4. The van der Waals surface area contributed by atoms with E-state index in [-0.39, 0.29) is 18.0 Å². The minimum atomic E-state index is -0.170. The highest BCUT2D eigenvalue weighted by Crippen LogP contribution is 2.43. The molecular weight excluding hydrogens is 430 g/mol. The maximum Gasteiger partial charge on any atom is 0.253 e. The second kappa shape index (κ2) is 7.23. The van der Waals surface area contributed by atoms with Gasteiger partial charge in [-0.3, -0.25) is 9.36 Å². The van der Waals surface area contributed by atoms with Gasteiger partial charge in [-0.2, -0.15) is 0 Å². The Bertz CT molecular complexity index is 1320. The first-order chi connectivity index (χ1) is 15.6. The Labute approximate surface area is 188 Å². The molecule has 3 heterocycles. The van der Waals surface area contributed by atoms with Crippen molar-refractivity contribution in [2.45, 2.75) is 24.9 Å². The van der Waals surface area contributed by atoms with Gasteiger partial charge >= 0.3 is 0 Å². The third-order valence-electron chi connectivity index (χ3n) is 6.61. The molecule has 162 valence electrons. The monoisotopic (exact) mass is 449 g/mol. The Kier molecular flexibility index (Phi) is 4.32. The average molecular weight is 450 g/mol. The van der Waals surface area contributed by atoms with Crippen molar-refractivity contribution in [2.75, 3.05) is 17.2 Å². The van der Waals surface area contributed by atoms with Crippen molar-refractivity contribution in [1.82, 2.24) is 25.2 Å². The maximum absolute atomic E-state index is 13.1. The number of hydrogen-bond donors (Lipinski definition) is 2. The quantitative estimate of drug-likeness (QED) is 0.492. The molecule has 2 aromatic carbocycles. The number of nitrogens with one attached hydrogen (secondary N) is 1. The molecule has 9 nitrogen and oxygen atoms in total. The van der Waals surface area contributed by atoms with E-state index in [1.807, 2.05) is 24.3 Å². The smallest absolute Gasteiger partial charge is 0.253 e. The van der Waals surface area contributed by atoms with E-state index in [1.54, 1.807) is 29.4 Å². The number of benzene rings is 2. The van der Waals surface area contributed by atoms with Gasteiger partial charge in [0.2, 0.25) is 0 Å². The van der Waals surface area contributed by atoms with Crippen LogP contribution in [0.15, 0.2) is 53.6 Å². The van der Waals surface area contributed by atoms with Gasteiger partial charge in [-0.1, -0.05) is 22.8 Å². The summed E-state index contributed by atoms with van der Waals surface area (Å²) in [6.45, 7) is 0.843. The number of anilines is 2. The molecule has 1 amide bonds. The molecule has 0 spiro atoms. The Morgan fingerprint density at radius 3 is 2.84 bits per heavy atom. The number of carbonyl (C=O) groups is 1. The third-order valence-corrected chi connectivity index (χ3v) is 6.93. The van der Waals surface area contributed by atoms with Crippen LogP contribution in [0, 0.1) is 5.92 Å². The second-order valence-corrected chi connectivity index (χ2v) is 8.72. The molecule has 1 saturated carbocycles. The zero-order valence-corrected chi connectivity index (χ0v) is 17.7. The second-order valence-electron chi connectivity index (χ2n) is 8.31. The molecule has 1 aliphatic carbocycles. The minimum absolute atomic E-state index is 0.0339. The molecule has 0 radical (unpaired) electrons. The lowest BCUT2D eigenvalue weighted by Crippen LogP contribution is -2.43. The summed E-state index contributed by atoms with van der Waals surface area (Å²) in [4.78, 5) is 15.4. The fourth-order valence-corrected chi connectivity index (χ4v) is 5.36. The molecule has 2 bridgehead atoms. The summed E-state index contributed by atoms with van der Waals surface area (Å²) >= 11 is 6.45. The molecule has 1 aliphatic heterocycles. The third kappa shape index (κ3) is 2.92. The highest BCUT2D eigenvalue weighted by atomic mass is 35.5. The van der Waals surface area contributed by atoms with Crippen LogP contribution in [-0.4, -0.2) is 44.5 Å². The van der Waals surface area contributed by atoms with Crippen LogP contribution in [0.4, 0.5) is 11.5 Å². The number of hydrogen-bond acceptors (Lipinski definition) is 7. The Hall–Kier alpha value is -3.59. The Balaban J connectivity index is 1.24. The van der Waals surface area contributed by atoms with Gasteiger partial charge in [0.05, 0.1) is 27.7 Å². The van der Waals surface area contributed by atoms with Crippen LogP contribution in [0.3, 0.4) is 0 Å². The maximum atomic E-state index is 13.1. The molecule has 2 aromatic heterocycles. The highest BCUT2D eigenvalue weighted by molar-refractivity contribution is 6.34. The van der Waals surface area contributed by atoms with E-state index in [2.05, 4.69) is 25.6 Å². The van der Waals surface area contributed by atoms with Crippen molar-refractivity contribution in [3.8, 4) is 5.69 Å². The standard InChI is InChI=1S/C22H20ClN7O2/c23-16-8-13(29-10-25-26-11-29)5-6-14(16)22(31)27-19-12-4-7-17(19)30(9-12)18-3-1-2-15-20(18)32-28-21(15)24/h1-3,5-6,8,10-12,17,19H,4,7,9H2,(H2,24,28)(H,27,31)/t12-,17-,19+/m0/s1. The van der Waals surface area contributed by atoms with Crippen molar-refractivity contribution in [3.63, 3.8) is 0 Å². The number of piperidine rings is 1. The van der Waals surface area contributed by atoms with Crippen LogP contribution in [-0.2, 0) is 0 Å². The van der Waals surface area contributed by atoms with Gasteiger partial charge in [0.15, 0.2) is 11.4 Å². The number of para-hydroxylation sites is 1. The lowest BCUT2D eigenvalue weighted by atomic mass is 10.1. The number of nitrogen functional groups attached to an aromatic ring is 1. The number of carbonyl (C=O) groups excluding carboxylic acids is 1. The van der Waals surface area contributed by atoms with E-state index in [9.17, 15) is 4.79 Å². The zero-order chi connectivity index (χ0) is 21.8. The first-order valence-corrected chi connectivity index (χ1v) is 10.8. The molecule has 2 fully saturated rings. The number of nitrogens with zero attached hydrogens (tertiary/aromatic N) is 5. The van der Waals surface area contributed by atoms with Crippen molar-refractivity contribution in [1.29, 1.82) is 0 Å². The number of aromatic nitrogens is 4. The topological polar surface area (TPSA) is 115 Å². The largest absolute Gasteiger partial charge is 0.380 e. The van der Waals surface area contributed by atoms with Crippen molar-refractivity contribution in [3.05, 3.63) is 59.6 Å². The Morgan fingerprint density at radius 1 is 1.19 bits per heavy atom. The summed E-state index contributed by atoms with van der Waals surface area (Å²) in [6.07, 6.45) is 5.23. The Morgan fingerprint density at radius 2 is 2.03 bits per heavy atom. The van der Waals surface area contributed by atoms with Gasteiger partial charge in [-0.05, 0) is 49.1 Å². The van der Waals surface area contributed by atoms with E-state index in [1.165, 1.54) is 0 Å². The summed E-state index contributed by atoms with van der Waals surface area (Å²) in [5, 5.41) is 15.9. The van der Waals surface area contributed by atoms with Gasteiger partial charge in [0, 0.05) is 18.3 Å². The van der Waals surface area contributed by atoms with Gasteiger partial charge in [-0.25, -0.2) is 0 Å². The van der Waals surface area contributed by atoms with Crippen molar-refractivity contribution >= 4 is 40.0 Å². The average Bonchev–Trinajstić information content (AvgIpc) is 3.59. The molecule has 6 rings (SSSR count). The van der Waals surface area contributed by atoms with Crippen LogP contribution in [0.25, 0.3) is 16.7 Å². The van der Waals surface area contributed by atoms with Crippen LogP contribution in [0.1, 0.15) is 23.2 Å². The first kappa shape index (κ1) is 19.1. The minimum Gasteiger partial charge on any atom is -0.380 e. The fraction of sp³-hybridized carbons (Fsp3) is 0.273. The van der Waals surface area contributed by atoms with E-state index >= 15 is 0 Å². The van der Waals surface area contributed by atoms with E-state index in [0.717, 1.165) is 36.1 Å². The predicted octanol–water partition coefficient (Wildman–Crippen LogP) is 3.04. The van der Waals surface area contributed by atoms with E-state index in [0.29, 0.717) is 27.9 Å². The van der Waals surface area contributed by atoms with Gasteiger partial charge in [0.1, 0.15) is 12.7 Å². The van der Waals surface area contributed by atoms with Gasteiger partial charge in [0.25, 0.3) is 5.91 Å². The van der Waals surface area contributed by atoms with Gasteiger partial charge in [-0.15, -0.1) is 10.2 Å². The molecule has 32 heavy (non-hydrogen) atoms. The number of nitrogens with two attached hydrogens (primary N) is 1. The number of halogens is 1. The molecule has 2 aliphatic rings. The SMILES string of the molecule is Nc1noc2c(N3C[C@@H]4CC[C@H]3[C@@H]4NC(=O)c3ccc(-n4cnnc4)cc3Cl)cccc12.